The van der Waals surface area contributed by atoms with Gasteiger partial charge in [0, 0.05) is 23.5 Å². The standard InChI is InChI=1S/C24H26N2O3/c1-4-18(19-10-6-5-7-11-19)15-25-23(27)17(3)29-24(28)21-14-16(2)26-22-13-9-8-12-20(21)22/h5-14,17-18H,4,15H2,1-3H3,(H,25,27)/t17-,18-/m0/s1. The number of hydrogen-bond acceptors (Lipinski definition) is 4. The van der Waals surface area contributed by atoms with E-state index in [1.54, 1.807) is 13.0 Å². The number of aryl methyl sites for hydroxylation is 1. The minimum atomic E-state index is -0.886. The number of carbonyl (C=O) groups is 2. The molecule has 5 nitrogen and oxygen atoms in total. The summed E-state index contributed by atoms with van der Waals surface area (Å²) < 4.78 is 5.45. The summed E-state index contributed by atoms with van der Waals surface area (Å²) in [6.07, 6.45) is 0.0174. The predicted octanol–water partition coefficient (Wildman–Crippen LogP) is 4.40. The number of hydrogen-bond donors (Lipinski definition) is 1. The first-order chi connectivity index (χ1) is 14.0. The molecule has 0 spiro atoms. The zero-order valence-electron chi connectivity index (χ0n) is 17.0. The number of ether oxygens (including phenoxy) is 1. The average molecular weight is 390 g/mol. The molecule has 0 fully saturated rings. The van der Waals surface area contributed by atoms with Crippen LogP contribution in [0, 0.1) is 6.92 Å². The van der Waals surface area contributed by atoms with Crippen molar-refractivity contribution in [1.82, 2.24) is 10.3 Å². The molecule has 0 radical (unpaired) electrons. The van der Waals surface area contributed by atoms with E-state index >= 15 is 0 Å². The molecule has 0 aliphatic heterocycles. The lowest BCUT2D eigenvalue weighted by molar-refractivity contribution is -0.129. The fourth-order valence-corrected chi connectivity index (χ4v) is 3.34. The Morgan fingerprint density at radius 2 is 1.76 bits per heavy atom. The molecule has 1 amide bonds. The maximum Gasteiger partial charge on any atom is 0.339 e. The molecule has 1 N–H and O–H groups in total. The second kappa shape index (κ2) is 9.32. The number of fused-ring (bicyclic) bond motifs is 1. The first-order valence-electron chi connectivity index (χ1n) is 9.89. The van der Waals surface area contributed by atoms with Crippen LogP contribution in [0.5, 0.6) is 0 Å². The average Bonchev–Trinajstić information content (AvgIpc) is 2.74. The molecule has 150 valence electrons. The molecule has 29 heavy (non-hydrogen) atoms. The van der Waals surface area contributed by atoms with Gasteiger partial charge in [0.2, 0.25) is 0 Å². The zero-order chi connectivity index (χ0) is 20.8. The third-order valence-electron chi connectivity index (χ3n) is 5.00. The van der Waals surface area contributed by atoms with E-state index in [-0.39, 0.29) is 11.8 Å². The van der Waals surface area contributed by atoms with Gasteiger partial charge in [-0.25, -0.2) is 4.79 Å². The van der Waals surface area contributed by atoms with Gasteiger partial charge < -0.3 is 10.1 Å². The number of para-hydroxylation sites is 1. The van der Waals surface area contributed by atoms with Gasteiger partial charge >= 0.3 is 5.97 Å². The highest BCUT2D eigenvalue weighted by molar-refractivity contribution is 6.04. The molecular formula is C24H26N2O3. The van der Waals surface area contributed by atoms with E-state index in [4.69, 9.17) is 4.74 Å². The Morgan fingerprint density at radius 1 is 1.07 bits per heavy atom. The van der Waals surface area contributed by atoms with E-state index < -0.39 is 12.1 Å². The third-order valence-corrected chi connectivity index (χ3v) is 5.00. The van der Waals surface area contributed by atoms with Crippen LogP contribution in [-0.2, 0) is 9.53 Å². The van der Waals surface area contributed by atoms with Gasteiger partial charge in [-0.15, -0.1) is 0 Å². The maximum absolute atomic E-state index is 12.7. The number of esters is 1. The maximum atomic E-state index is 12.7. The van der Waals surface area contributed by atoms with Crippen LogP contribution in [0.15, 0.2) is 60.7 Å². The number of benzene rings is 2. The Morgan fingerprint density at radius 3 is 2.48 bits per heavy atom. The number of rotatable bonds is 7. The molecule has 2 atom stereocenters. The van der Waals surface area contributed by atoms with Crippen molar-refractivity contribution < 1.29 is 14.3 Å². The van der Waals surface area contributed by atoms with E-state index in [2.05, 4.69) is 29.4 Å². The fraction of sp³-hybridized carbons (Fsp3) is 0.292. The summed E-state index contributed by atoms with van der Waals surface area (Å²) in [4.78, 5) is 29.6. The zero-order valence-corrected chi connectivity index (χ0v) is 17.0. The van der Waals surface area contributed by atoms with Gasteiger partial charge in [0.25, 0.3) is 5.91 Å². The monoisotopic (exact) mass is 390 g/mol. The van der Waals surface area contributed by atoms with Gasteiger partial charge in [-0.05, 0) is 38.0 Å². The molecule has 0 unspecified atom stereocenters. The number of nitrogens with one attached hydrogen (secondary N) is 1. The van der Waals surface area contributed by atoms with Crippen LogP contribution in [0.25, 0.3) is 10.9 Å². The van der Waals surface area contributed by atoms with E-state index in [1.165, 1.54) is 5.56 Å². The quantitative estimate of drug-likeness (QED) is 0.607. The van der Waals surface area contributed by atoms with Crippen LogP contribution < -0.4 is 5.32 Å². The summed E-state index contributed by atoms with van der Waals surface area (Å²) in [5.41, 5.74) is 3.05. The van der Waals surface area contributed by atoms with Crippen LogP contribution in [-0.4, -0.2) is 29.5 Å². The lowest BCUT2D eigenvalue weighted by Gasteiger charge is -2.19. The van der Waals surface area contributed by atoms with Crippen LogP contribution in [0.1, 0.15) is 47.8 Å². The second-order valence-corrected chi connectivity index (χ2v) is 7.14. The minimum Gasteiger partial charge on any atom is -0.449 e. The van der Waals surface area contributed by atoms with Crippen LogP contribution in [0.3, 0.4) is 0 Å². The van der Waals surface area contributed by atoms with Crippen molar-refractivity contribution in [2.75, 3.05) is 6.54 Å². The predicted molar refractivity (Wildman–Crippen MR) is 114 cm³/mol. The number of nitrogens with zero attached hydrogens (tertiary/aromatic N) is 1. The van der Waals surface area contributed by atoms with Gasteiger partial charge in [0.1, 0.15) is 0 Å². The largest absolute Gasteiger partial charge is 0.449 e. The first kappa shape index (κ1) is 20.5. The highest BCUT2D eigenvalue weighted by Gasteiger charge is 2.21. The van der Waals surface area contributed by atoms with Crippen molar-refractivity contribution in [3.8, 4) is 0 Å². The summed E-state index contributed by atoms with van der Waals surface area (Å²) in [7, 11) is 0. The van der Waals surface area contributed by atoms with Gasteiger partial charge in [-0.1, -0.05) is 55.5 Å². The van der Waals surface area contributed by atoms with E-state index in [9.17, 15) is 9.59 Å². The topological polar surface area (TPSA) is 68.3 Å². The Bertz CT molecular complexity index is 1000. The Kier molecular flexibility index (Phi) is 6.60. The van der Waals surface area contributed by atoms with Crippen molar-refractivity contribution in [2.45, 2.75) is 39.2 Å². The van der Waals surface area contributed by atoms with Crippen molar-refractivity contribution in [3.63, 3.8) is 0 Å². The van der Waals surface area contributed by atoms with E-state index in [1.807, 2.05) is 49.4 Å². The molecule has 2 aromatic carbocycles. The lowest BCUT2D eigenvalue weighted by atomic mass is 9.96. The summed E-state index contributed by atoms with van der Waals surface area (Å²) in [5.74, 6) is -0.609. The number of carbonyl (C=O) groups excluding carboxylic acids is 2. The number of pyridine rings is 1. The van der Waals surface area contributed by atoms with Crippen molar-refractivity contribution in [2.24, 2.45) is 0 Å². The SMILES string of the molecule is CC[C@@H](CNC(=O)[C@H](C)OC(=O)c1cc(C)nc2ccccc12)c1ccccc1. The Balaban J connectivity index is 1.65. The lowest BCUT2D eigenvalue weighted by Crippen LogP contribution is -2.38. The summed E-state index contributed by atoms with van der Waals surface area (Å²) in [5, 5.41) is 3.62. The molecule has 1 aromatic heterocycles. The molecule has 0 saturated heterocycles. The van der Waals surface area contributed by atoms with Crippen LogP contribution in [0.4, 0.5) is 0 Å². The summed E-state index contributed by atoms with van der Waals surface area (Å²) in [6.45, 7) is 6.00. The van der Waals surface area contributed by atoms with E-state index in [0.29, 0.717) is 17.5 Å². The number of amides is 1. The molecule has 0 aliphatic carbocycles. The fourth-order valence-electron chi connectivity index (χ4n) is 3.34. The van der Waals surface area contributed by atoms with Crippen LogP contribution in [0.2, 0.25) is 0 Å². The van der Waals surface area contributed by atoms with Crippen LogP contribution >= 0.6 is 0 Å². The van der Waals surface area contributed by atoms with Crippen molar-refractivity contribution in [1.29, 1.82) is 0 Å². The highest BCUT2D eigenvalue weighted by atomic mass is 16.5. The second-order valence-electron chi connectivity index (χ2n) is 7.14. The normalized spacial score (nSPS) is 12.9. The molecule has 0 aliphatic rings. The molecule has 3 rings (SSSR count). The molecular weight excluding hydrogens is 364 g/mol. The number of aromatic nitrogens is 1. The Labute approximate surface area is 171 Å². The molecule has 0 bridgehead atoms. The van der Waals surface area contributed by atoms with Gasteiger partial charge in [-0.3, -0.25) is 9.78 Å². The Hall–Kier alpha value is -3.21. The van der Waals surface area contributed by atoms with Gasteiger partial charge in [-0.2, -0.15) is 0 Å². The third kappa shape index (κ3) is 4.99. The molecule has 0 saturated carbocycles. The summed E-state index contributed by atoms with van der Waals surface area (Å²) in [6, 6.07) is 19.2. The smallest absolute Gasteiger partial charge is 0.339 e. The van der Waals surface area contributed by atoms with E-state index in [0.717, 1.165) is 17.6 Å². The van der Waals surface area contributed by atoms with Crippen molar-refractivity contribution in [3.05, 3.63) is 77.5 Å². The van der Waals surface area contributed by atoms with Gasteiger partial charge in [0.05, 0.1) is 11.1 Å². The highest BCUT2D eigenvalue weighted by Crippen LogP contribution is 2.20. The molecule has 1 heterocycles. The first-order valence-corrected chi connectivity index (χ1v) is 9.89. The van der Waals surface area contributed by atoms with Crippen molar-refractivity contribution >= 4 is 22.8 Å². The minimum absolute atomic E-state index is 0.217. The molecule has 3 aromatic rings. The molecule has 5 heteroatoms. The van der Waals surface area contributed by atoms with Gasteiger partial charge in [0.15, 0.2) is 6.10 Å². The summed E-state index contributed by atoms with van der Waals surface area (Å²) >= 11 is 0.